The van der Waals surface area contributed by atoms with E-state index >= 15 is 0 Å². The standard InChI is InChI=1S/C31H34N2O6/c1-4-22-7-12-25(13-8-22)38-18-6-17-33-26-20-24(11-15-27(26)39-21-31(33)35)32-30(34)16-10-23-9-14-28(37-5-2)29(19-23)36-3/h7-16,19-20H,4-6,17-18,21H2,1-3H3,(H,32,34)/b16-10+. The largest absolute Gasteiger partial charge is 0.494 e. The van der Waals surface area contributed by atoms with Gasteiger partial charge in [0, 0.05) is 18.3 Å². The van der Waals surface area contributed by atoms with Crippen molar-refractivity contribution in [1.29, 1.82) is 0 Å². The second kappa shape index (κ2) is 13.4. The molecule has 0 aliphatic carbocycles. The molecule has 1 heterocycles. The average Bonchev–Trinajstić information content (AvgIpc) is 2.96. The number of hydrogen-bond acceptors (Lipinski definition) is 6. The van der Waals surface area contributed by atoms with E-state index in [0.29, 0.717) is 54.8 Å². The molecule has 204 valence electrons. The molecule has 0 spiro atoms. The van der Waals surface area contributed by atoms with Gasteiger partial charge in [0.2, 0.25) is 5.91 Å². The molecule has 8 heteroatoms. The lowest BCUT2D eigenvalue weighted by Crippen LogP contribution is -2.39. The topological polar surface area (TPSA) is 86.3 Å². The molecule has 0 radical (unpaired) electrons. The first kappa shape index (κ1) is 27.6. The van der Waals surface area contributed by atoms with E-state index in [0.717, 1.165) is 17.7 Å². The Labute approximate surface area is 229 Å². The molecule has 1 N–H and O–H groups in total. The SMILES string of the molecule is CCOc1ccc(/C=C/C(=O)Nc2ccc3c(c2)N(CCCOc2ccc(CC)cc2)C(=O)CO3)cc1OC. The summed E-state index contributed by atoms with van der Waals surface area (Å²) >= 11 is 0. The number of fused-ring (bicyclic) bond motifs is 1. The summed E-state index contributed by atoms with van der Waals surface area (Å²) in [5.41, 5.74) is 3.23. The van der Waals surface area contributed by atoms with Crippen LogP contribution in [-0.4, -0.2) is 45.3 Å². The number of benzene rings is 3. The Morgan fingerprint density at radius 1 is 1.03 bits per heavy atom. The van der Waals surface area contributed by atoms with Crippen molar-refractivity contribution in [3.05, 3.63) is 77.9 Å². The Hall–Kier alpha value is -4.46. The molecule has 0 aromatic heterocycles. The highest BCUT2D eigenvalue weighted by Crippen LogP contribution is 2.35. The van der Waals surface area contributed by atoms with E-state index in [-0.39, 0.29) is 18.4 Å². The van der Waals surface area contributed by atoms with Gasteiger partial charge in [-0.2, -0.15) is 0 Å². The molecule has 4 rings (SSSR count). The summed E-state index contributed by atoms with van der Waals surface area (Å²) in [6.45, 7) is 5.47. The number of nitrogens with one attached hydrogen (secondary N) is 1. The normalized spacial score (nSPS) is 12.6. The van der Waals surface area contributed by atoms with Crippen LogP contribution in [0.5, 0.6) is 23.0 Å². The number of carbonyl (C=O) groups is 2. The van der Waals surface area contributed by atoms with Crippen LogP contribution in [0.4, 0.5) is 11.4 Å². The Morgan fingerprint density at radius 2 is 1.85 bits per heavy atom. The minimum atomic E-state index is -0.306. The van der Waals surface area contributed by atoms with E-state index in [2.05, 4.69) is 24.4 Å². The molecule has 0 atom stereocenters. The molecule has 39 heavy (non-hydrogen) atoms. The Kier molecular flexibility index (Phi) is 9.45. The van der Waals surface area contributed by atoms with Crippen molar-refractivity contribution >= 4 is 29.3 Å². The van der Waals surface area contributed by atoms with Gasteiger partial charge in [-0.05, 0) is 79.4 Å². The molecule has 1 aliphatic rings. The fourth-order valence-electron chi connectivity index (χ4n) is 4.18. The van der Waals surface area contributed by atoms with Gasteiger partial charge in [0.25, 0.3) is 5.91 Å². The Morgan fingerprint density at radius 3 is 2.59 bits per heavy atom. The molecular weight excluding hydrogens is 496 g/mol. The monoisotopic (exact) mass is 530 g/mol. The summed E-state index contributed by atoms with van der Waals surface area (Å²) in [7, 11) is 1.57. The predicted molar refractivity (Wildman–Crippen MR) is 152 cm³/mol. The Balaban J connectivity index is 1.36. The number of hydrogen-bond donors (Lipinski definition) is 1. The highest BCUT2D eigenvalue weighted by molar-refractivity contribution is 6.03. The number of anilines is 2. The molecule has 0 saturated carbocycles. The van der Waals surface area contributed by atoms with Gasteiger partial charge in [-0.1, -0.05) is 25.1 Å². The van der Waals surface area contributed by atoms with Crippen molar-refractivity contribution in [1.82, 2.24) is 0 Å². The number of aryl methyl sites for hydroxylation is 1. The van der Waals surface area contributed by atoms with Crippen LogP contribution in [0.25, 0.3) is 6.08 Å². The van der Waals surface area contributed by atoms with Gasteiger partial charge in [0.1, 0.15) is 11.5 Å². The van der Waals surface area contributed by atoms with Crippen LogP contribution >= 0.6 is 0 Å². The number of methoxy groups -OCH3 is 1. The minimum absolute atomic E-state index is 0.0215. The highest BCUT2D eigenvalue weighted by atomic mass is 16.5. The summed E-state index contributed by atoms with van der Waals surface area (Å²) in [5.74, 6) is 2.21. The molecule has 1 aliphatic heterocycles. The number of carbonyl (C=O) groups excluding carboxylic acids is 2. The molecule has 8 nitrogen and oxygen atoms in total. The third-order valence-electron chi connectivity index (χ3n) is 6.21. The van der Waals surface area contributed by atoms with E-state index in [1.165, 1.54) is 11.6 Å². The van der Waals surface area contributed by atoms with E-state index in [9.17, 15) is 9.59 Å². The van der Waals surface area contributed by atoms with Crippen molar-refractivity contribution in [2.75, 3.05) is 43.7 Å². The molecular formula is C31H34N2O6. The fourth-order valence-corrected chi connectivity index (χ4v) is 4.18. The third-order valence-corrected chi connectivity index (χ3v) is 6.21. The third kappa shape index (κ3) is 7.31. The van der Waals surface area contributed by atoms with Crippen LogP contribution < -0.4 is 29.2 Å². The summed E-state index contributed by atoms with van der Waals surface area (Å²) in [4.78, 5) is 27.0. The van der Waals surface area contributed by atoms with Gasteiger partial charge in [-0.3, -0.25) is 9.59 Å². The van der Waals surface area contributed by atoms with Gasteiger partial charge in [0.15, 0.2) is 18.1 Å². The van der Waals surface area contributed by atoms with Crippen molar-refractivity contribution in [3.8, 4) is 23.0 Å². The Bertz CT molecular complexity index is 1320. The van der Waals surface area contributed by atoms with Crippen LogP contribution in [0, 0.1) is 0 Å². The second-order valence-corrected chi connectivity index (χ2v) is 8.88. The van der Waals surface area contributed by atoms with Gasteiger partial charge in [0.05, 0.1) is 26.0 Å². The number of rotatable bonds is 12. The first-order chi connectivity index (χ1) is 19.0. The lowest BCUT2D eigenvalue weighted by molar-refractivity contribution is -0.121. The van der Waals surface area contributed by atoms with Crippen molar-refractivity contribution in [2.45, 2.75) is 26.7 Å². The molecule has 0 bridgehead atoms. The highest BCUT2D eigenvalue weighted by Gasteiger charge is 2.25. The van der Waals surface area contributed by atoms with Gasteiger partial charge >= 0.3 is 0 Å². The predicted octanol–water partition coefficient (Wildman–Crippen LogP) is 5.50. The lowest BCUT2D eigenvalue weighted by atomic mass is 10.1. The van der Waals surface area contributed by atoms with Gasteiger partial charge in [-0.15, -0.1) is 0 Å². The van der Waals surface area contributed by atoms with Gasteiger partial charge < -0.3 is 29.2 Å². The summed E-state index contributed by atoms with van der Waals surface area (Å²) in [5, 5.41) is 2.86. The van der Waals surface area contributed by atoms with E-state index in [4.69, 9.17) is 18.9 Å². The second-order valence-electron chi connectivity index (χ2n) is 8.88. The quantitative estimate of drug-likeness (QED) is 0.246. The van der Waals surface area contributed by atoms with E-state index in [1.807, 2.05) is 31.2 Å². The summed E-state index contributed by atoms with van der Waals surface area (Å²) < 4.78 is 22.4. The summed E-state index contributed by atoms with van der Waals surface area (Å²) in [6.07, 6.45) is 4.76. The number of nitrogens with zero attached hydrogens (tertiary/aromatic N) is 1. The molecule has 0 saturated heterocycles. The zero-order chi connectivity index (χ0) is 27.6. The maximum absolute atomic E-state index is 12.6. The van der Waals surface area contributed by atoms with Crippen LogP contribution in [0.3, 0.4) is 0 Å². The van der Waals surface area contributed by atoms with Crippen molar-refractivity contribution < 1.29 is 28.5 Å². The smallest absolute Gasteiger partial charge is 0.265 e. The molecule has 0 fully saturated rings. The zero-order valence-electron chi connectivity index (χ0n) is 22.6. The lowest BCUT2D eigenvalue weighted by Gasteiger charge is -2.29. The first-order valence-corrected chi connectivity index (χ1v) is 13.1. The van der Waals surface area contributed by atoms with Gasteiger partial charge in [-0.25, -0.2) is 0 Å². The number of ether oxygens (including phenoxy) is 4. The van der Waals surface area contributed by atoms with Crippen molar-refractivity contribution in [3.63, 3.8) is 0 Å². The van der Waals surface area contributed by atoms with Crippen LogP contribution in [-0.2, 0) is 16.0 Å². The first-order valence-electron chi connectivity index (χ1n) is 13.1. The van der Waals surface area contributed by atoms with E-state index in [1.54, 1.807) is 42.4 Å². The average molecular weight is 531 g/mol. The van der Waals surface area contributed by atoms with E-state index < -0.39 is 0 Å². The van der Waals surface area contributed by atoms with Crippen LogP contribution in [0.15, 0.2) is 66.7 Å². The molecule has 0 unspecified atom stereocenters. The maximum Gasteiger partial charge on any atom is 0.265 e. The molecule has 3 aromatic carbocycles. The molecule has 3 aromatic rings. The zero-order valence-corrected chi connectivity index (χ0v) is 22.6. The minimum Gasteiger partial charge on any atom is -0.494 e. The maximum atomic E-state index is 12.6. The van der Waals surface area contributed by atoms with Crippen LogP contribution in [0.2, 0.25) is 0 Å². The van der Waals surface area contributed by atoms with Crippen molar-refractivity contribution in [2.24, 2.45) is 0 Å². The van der Waals surface area contributed by atoms with Crippen LogP contribution in [0.1, 0.15) is 31.4 Å². The number of amides is 2. The molecule has 2 amide bonds. The fraction of sp³-hybridized carbons (Fsp3) is 0.290. The summed E-state index contributed by atoms with van der Waals surface area (Å²) in [6, 6.07) is 18.8.